The average molecular weight is 228 g/mol. The Morgan fingerprint density at radius 1 is 1.00 bits per heavy atom. The molecule has 2 heterocycles. The molecule has 2 fully saturated rings. The molecule has 76 valence electrons. The molecule has 0 aliphatic carbocycles. The van der Waals surface area contributed by atoms with Crippen molar-refractivity contribution in [1.82, 2.24) is 0 Å². The highest BCUT2D eigenvalue weighted by atomic mass is 32.2. The average Bonchev–Trinajstić information content (AvgIpc) is 2.62. The first kappa shape index (κ1) is 9.69. The van der Waals surface area contributed by atoms with Gasteiger partial charge >= 0.3 is 22.7 Å². The molecule has 4 unspecified atom stereocenters. The molecule has 0 aromatic carbocycles. The maximum absolute atomic E-state index is 10.6. The summed E-state index contributed by atoms with van der Waals surface area (Å²) in [5, 5.41) is 0. The molecular weight excluding hydrogens is 220 g/mol. The first-order valence-corrected chi connectivity index (χ1v) is 5.68. The maximum atomic E-state index is 10.6. The molecule has 4 atom stereocenters. The second-order valence-electron chi connectivity index (χ2n) is 2.65. The zero-order valence-corrected chi connectivity index (χ0v) is 8.18. The standard InChI is InChI=1S/C5H8O6S2/c6-12-8-2-4(10-12)1-5-3-9-13(7)11-5/h4-5H,1-3H2. The van der Waals surface area contributed by atoms with Crippen molar-refractivity contribution in [3.63, 3.8) is 0 Å². The van der Waals surface area contributed by atoms with Crippen molar-refractivity contribution in [1.29, 1.82) is 0 Å². The van der Waals surface area contributed by atoms with Crippen LogP contribution in [0.2, 0.25) is 0 Å². The highest BCUT2D eigenvalue weighted by Crippen LogP contribution is 2.19. The lowest BCUT2D eigenvalue weighted by Gasteiger charge is -2.08. The van der Waals surface area contributed by atoms with E-state index >= 15 is 0 Å². The van der Waals surface area contributed by atoms with Crippen LogP contribution in [-0.2, 0) is 39.5 Å². The van der Waals surface area contributed by atoms with Gasteiger partial charge in [-0.15, -0.1) is 0 Å². The van der Waals surface area contributed by atoms with Gasteiger partial charge in [0, 0.05) is 6.42 Å². The fourth-order valence-corrected chi connectivity index (χ4v) is 2.45. The second-order valence-corrected chi connectivity index (χ2v) is 4.32. The fraction of sp³-hybridized carbons (Fsp3) is 1.00. The molecule has 0 saturated carbocycles. The smallest absolute Gasteiger partial charge is 0.266 e. The minimum absolute atomic E-state index is 0.260. The van der Waals surface area contributed by atoms with E-state index in [1.165, 1.54) is 0 Å². The molecular formula is C5H8O6S2. The van der Waals surface area contributed by atoms with Gasteiger partial charge in [-0.25, -0.2) is 0 Å². The Morgan fingerprint density at radius 2 is 1.46 bits per heavy atom. The first-order valence-electron chi connectivity index (χ1n) is 3.68. The van der Waals surface area contributed by atoms with Crippen molar-refractivity contribution in [3.05, 3.63) is 0 Å². The Hall–Kier alpha value is 0.140. The van der Waals surface area contributed by atoms with Crippen LogP contribution >= 0.6 is 0 Å². The minimum Gasteiger partial charge on any atom is -0.266 e. The second kappa shape index (κ2) is 4.11. The highest BCUT2D eigenvalue weighted by molar-refractivity contribution is 7.75. The van der Waals surface area contributed by atoms with E-state index in [2.05, 4.69) is 8.37 Å². The third-order valence-corrected chi connectivity index (χ3v) is 3.17. The lowest BCUT2D eigenvalue weighted by molar-refractivity contribution is 0.142. The highest BCUT2D eigenvalue weighted by Gasteiger charge is 2.31. The molecule has 2 aliphatic rings. The summed E-state index contributed by atoms with van der Waals surface area (Å²) in [6.45, 7) is 0.554. The SMILES string of the molecule is O=S1OCC(CC2COS(=O)O2)O1. The first-order chi connectivity index (χ1) is 6.24. The van der Waals surface area contributed by atoms with Crippen molar-refractivity contribution < 1.29 is 25.2 Å². The summed E-state index contributed by atoms with van der Waals surface area (Å²) in [6, 6.07) is 0. The van der Waals surface area contributed by atoms with Crippen LogP contribution < -0.4 is 0 Å². The van der Waals surface area contributed by atoms with E-state index in [4.69, 9.17) is 8.37 Å². The van der Waals surface area contributed by atoms with Crippen molar-refractivity contribution in [2.24, 2.45) is 0 Å². The van der Waals surface area contributed by atoms with Gasteiger partial charge in [0.15, 0.2) is 0 Å². The quantitative estimate of drug-likeness (QED) is 0.626. The number of hydrogen-bond acceptors (Lipinski definition) is 6. The number of rotatable bonds is 2. The molecule has 6 nitrogen and oxygen atoms in total. The Bertz CT molecular complexity index is 219. The Kier molecular flexibility index (Phi) is 3.06. The van der Waals surface area contributed by atoms with E-state index in [1.807, 2.05) is 0 Å². The van der Waals surface area contributed by atoms with E-state index in [9.17, 15) is 8.42 Å². The van der Waals surface area contributed by atoms with Crippen LogP contribution in [0.3, 0.4) is 0 Å². The van der Waals surface area contributed by atoms with Gasteiger partial charge in [-0.05, 0) is 0 Å². The van der Waals surface area contributed by atoms with Crippen LogP contribution in [0.25, 0.3) is 0 Å². The molecule has 0 aromatic rings. The van der Waals surface area contributed by atoms with Crippen molar-refractivity contribution in [2.75, 3.05) is 13.2 Å². The van der Waals surface area contributed by atoms with Gasteiger partial charge in [-0.3, -0.25) is 16.7 Å². The molecule has 0 spiro atoms. The summed E-state index contributed by atoms with van der Waals surface area (Å²) in [5.74, 6) is 0. The van der Waals surface area contributed by atoms with E-state index in [0.29, 0.717) is 6.42 Å². The van der Waals surface area contributed by atoms with Gasteiger partial charge in [0.2, 0.25) is 0 Å². The van der Waals surface area contributed by atoms with Crippen LogP contribution in [0.4, 0.5) is 0 Å². The van der Waals surface area contributed by atoms with Gasteiger partial charge in [0.25, 0.3) is 0 Å². The molecule has 0 radical (unpaired) electrons. The summed E-state index contributed by atoms with van der Waals surface area (Å²) >= 11 is -3.27. The Balaban J connectivity index is 1.78. The van der Waals surface area contributed by atoms with E-state index in [1.54, 1.807) is 0 Å². The van der Waals surface area contributed by atoms with Gasteiger partial charge in [-0.1, -0.05) is 0 Å². The maximum Gasteiger partial charge on any atom is 0.305 e. The molecule has 2 rings (SSSR count). The lowest BCUT2D eigenvalue weighted by Crippen LogP contribution is -2.21. The molecule has 0 amide bonds. The largest absolute Gasteiger partial charge is 0.305 e. The molecule has 0 N–H and O–H groups in total. The fourth-order valence-electron chi connectivity index (χ4n) is 1.10. The summed E-state index contributed by atoms with van der Waals surface area (Å²) < 4.78 is 40.4. The van der Waals surface area contributed by atoms with Crippen molar-refractivity contribution >= 4 is 22.7 Å². The van der Waals surface area contributed by atoms with Crippen LogP contribution in [0.1, 0.15) is 6.42 Å². The van der Waals surface area contributed by atoms with Crippen LogP contribution in [-0.4, -0.2) is 33.8 Å². The summed E-state index contributed by atoms with van der Waals surface area (Å²) in [5.41, 5.74) is 0. The van der Waals surface area contributed by atoms with Gasteiger partial charge in [-0.2, -0.15) is 8.42 Å². The molecule has 2 aliphatic heterocycles. The topological polar surface area (TPSA) is 71.1 Å². The summed E-state index contributed by atoms with van der Waals surface area (Å²) in [4.78, 5) is 0. The molecule has 0 bridgehead atoms. The van der Waals surface area contributed by atoms with Crippen LogP contribution in [0.5, 0.6) is 0 Å². The minimum atomic E-state index is -1.63. The molecule has 2 saturated heterocycles. The third-order valence-electron chi connectivity index (χ3n) is 1.66. The lowest BCUT2D eigenvalue weighted by atomic mass is 10.2. The van der Waals surface area contributed by atoms with E-state index in [-0.39, 0.29) is 25.4 Å². The van der Waals surface area contributed by atoms with Crippen molar-refractivity contribution in [3.8, 4) is 0 Å². The predicted molar refractivity (Wildman–Crippen MR) is 42.6 cm³/mol. The normalized spacial score (nSPS) is 45.5. The van der Waals surface area contributed by atoms with Crippen LogP contribution in [0.15, 0.2) is 0 Å². The van der Waals surface area contributed by atoms with E-state index in [0.717, 1.165) is 0 Å². The zero-order chi connectivity index (χ0) is 9.26. The Labute approximate surface area is 80.2 Å². The zero-order valence-electron chi connectivity index (χ0n) is 6.54. The van der Waals surface area contributed by atoms with Crippen LogP contribution in [0, 0.1) is 0 Å². The summed E-state index contributed by atoms with van der Waals surface area (Å²) in [6.07, 6.45) is -0.0358. The predicted octanol–water partition coefficient (Wildman–Crippen LogP) is -0.635. The monoisotopic (exact) mass is 228 g/mol. The van der Waals surface area contributed by atoms with Gasteiger partial charge in [0.05, 0.1) is 13.2 Å². The van der Waals surface area contributed by atoms with Gasteiger partial charge < -0.3 is 0 Å². The molecule has 0 aromatic heterocycles. The van der Waals surface area contributed by atoms with Gasteiger partial charge in [0.1, 0.15) is 12.2 Å². The molecule has 13 heavy (non-hydrogen) atoms. The number of hydrogen-bond donors (Lipinski definition) is 0. The summed E-state index contributed by atoms with van der Waals surface area (Å²) in [7, 11) is 0. The van der Waals surface area contributed by atoms with E-state index < -0.39 is 22.7 Å². The third kappa shape index (κ3) is 2.55. The van der Waals surface area contributed by atoms with Crippen molar-refractivity contribution in [2.45, 2.75) is 18.6 Å². The Morgan fingerprint density at radius 3 is 1.77 bits per heavy atom. The molecule has 8 heteroatoms.